The molecule has 0 unspecified atom stereocenters. The number of rotatable bonds is 12. The molecule has 16 rings (SSSR count). The van der Waals surface area contributed by atoms with Crippen molar-refractivity contribution in [3.8, 4) is 0 Å². The SMILES string of the molecule is CC.CC.CC.CC.c1ccc(N(c2ccccc2)c2ccc3ccccc3n2)cc1.c1ccc(N(c2ccccc2)c2ccc3cccnc3c2)cc1.c1ccc(N(c2ccccc2)c2ccc3ccncc3c2)cc1.c1ccc(N(c2ccccc2)c2cccc3cccnc23)cc1. The number of para-hydroxylation sites is 10. The summed E-state index contributed by atoms with van der Waals surface area (Å²) >= 11 is 0. The quantitative estimate of drug-likeness (QED) is 0.120. The predicted octanol–water partition coefficient (Wildman–Crippen LogP) is 26.9. The van der Waals surface area contributed by atoms with Crippen molar-refractivity contribution in [3.05, 3.63) is 389 Å². The smallest absolute Gasteiger partial charge is 0.138 e. The molecule has 4 aromatic heterocycles. The standard InChI is InChI=1S/4C21H16N2.4C2H6/c1-3-11-18(12-4-1)23(19-13-5-2-6-14-19)20-15-7-9-17-10-8-16-22-21(17)20;1-3-10-18(11-4-1)23(19-12-5-2-6-13-19)21-16-15-17-9-7-8-14-20(17)22-21;1-3-9-18(10-4-1)23(19-11-5-2-6-12-19)20-14-13-17-8-7-15-22-21(17)16-20;1-3-7-19(8-4-1)23(20-9-5-2-6-10-20)21-12-11-17-13-14-22-16-18(17)15-21;4*1-2/h4*1-16H;4*1-2H3. The van der Waals surface area contributed by atoms with Crippen molar-refractivity contribution in [3.63, 3.8) is 0 Å². The highest BCUT2D eigenvalue weighted by Crippen LogP contribution is 2.40. The molecule has 0 fully saturated rings. The molecule has 496 valence electrons. The van der Waals surface area contributed by atoms with Crippen LogP contribution in [-0.4, -0.2) is 19.9 Å². The van der Waals surface area contributed by atoms with Crippen molar-refractivity contribution in [2.45, 2.75) is 55.4 Å². The normalized spacial score (nSPS) is 10.0. The number of nitrogens with zero attached hydrogens (tertiary/aromatic N) is 8. The van der Waals surface area contributed by atoms with Crippen LogP contribution in [0.4, 0.5) is 68.4 Å². The van der Waals surface area contributed by atoms with Crippen molar-refractivity contribution < 1.29 is 0 Å². The van der Waals surface area contributed by atoms with Gasteiger partial charge >= 0.3 is 0 Å². The van der Waals surface area contributed by atoms with Gasteiger partial charge in [-0.3, -0.25) is 19.9 Å². The van der Waals surface area contributed by atoms with Gasteiger partial charge in [-0.1, -0.05) is 256 Å². The van der Waals surface area contributed by atoms with E-state index in [1.54, 1.807) is 0 Å². The molecule has 0 aliphatic rings. The summed E-state index contributed by atoms with van der Waals surface area (Å²) in [7, 11) is 0. The molecule has 0 N–H and O–H groups in total. The van der Waals surface area contributed by atoms with Gasteiger partial charge < -0.3 is 14.7 Å². The highest BCUT2D eigenvalue weighted by atomic mass is 15.2. The third kappa shape index (κ3) is 18.7. The van der Waals surface area contributed by atoms with Crippen molar-refractivity contribution in [1.82, 2.24) is 19.9 Å². The number of benzene rings is 12. The first-order valence-corrected chi connectivity index (χ1v) is 34.7. The molecule has 0 aliphatic heterocycles. The lowest BCUT2D eigenvalue weighted by Gasteiger charge is -2.26. The summed E-state index contributed by atoms with van der Waals surface area (Å²) in [5.74, 6) is 0.918. The van der Waals surface area contributed by atoms with Crippen LogP contribution in [0.2, 0.25) is 0 Å². The number of pyridine rings is 4. The average molecular weight is 1310 g/mol. The van der Waals surface area contributed by atoms with Crippen molar-refractivity contribution in [1.29, 1.82) is 0 Å². The topological polar surface area (TPSA) is 64.5 Å². The zero-order valence-electron chi connectivity index (χ0n) is 58.5. The maximum absolute atomic E-state index is 4.85. The lowest BCUT2D eigenvalue weighted by molar-refractivity contribution is 1.21. The van der Waals surface area contributed by atoms with Crippen molar-refractivity contribution >= 4 is 112 Å². The Labute approximate surface area is 592 Å². The number of hydrogen-bond donors (Lipinski definition) is 0. The van der Waals surface area contributed by atoms with Gasteiger partial charge in [-0.25, -0.2) is 4.98 Å². The monoisotopic (exact) mass is 1300 g/mol. The Bertz CT molecular complexity index is 4390. The Hall–Kier alpha value is -12.5. The number of anilines is 12. The molecule has 0 amide bonds. The third-order valence-electron chi connectivity index (χ3n) is 15.5. The van der Waals surface area contributed by atoms with E-state index in [9.17, 15) is 0 Å². The Morgan fingerprint density at radius 3 is 1.03 bits per heavy atom. The van der Waals surface area contributed by atoms with Crippen LogP contribution >= 0.6 is 0 Å². The van der Waals surface area contributed by atoms with E-state index in [0.717, 1.165) is 106 Å². The Kier molecular flexibility index (Phi) is 27.9. The minimum absolute atomic E-state index is 0.918. The first-order valence-electron chi connectivity index (χ1n) is 34.7. The molecule has 0 saturated carbocycles. The highest BCUT2D eigenvalue weighted by Gasteiger charge is 2.18. The summed E-state index contributed by atoms with van der Waals surface area (Å²) in [5.41, 5.74) is 15.3. The van der Waals surface area contributed by atoms with Crippen LogP contribution in [0.3, 0.4) is 0 Å². The summed E-state index contributed by atoms with van der Waals surface area (Å²) in [5, 5.41) is 5.78. The second-order valence-corrected chi connectivity index (χ2v) is 21.5. The fourth-order valence-corrected chi connectivity index (χ4v) is 11.2. The van der Waals surface area contributed by atoms with Crippen LogP contribution in [0.1, 0.15) is 55.4 Å². The van der Waals surface area contributed by atoms with Crippen LogP contribution in [0.25, 0.3) is 43.5 Å². The number of fused-ring (bicyclic) bond motifs is 4. The van der Waals surface area contributed by atoms with Gasteiger partial charge in [0.05, 0.1) is 22.2 Å². The van der Waals surface area contributed by atoms with Crippen molar-refractivity contribution in [2.75, 3.05) is 19.6 Å². The molecular weight excluding hydrogens is 1220 g/mol. The van der Waals surface area contributed by atoms with E-state index >= 15 is 0 Å². The third-order valence-corrected chi connectivity index (χ3v) is 15.5. The lowest BCUT2D eigenvalue weighted by atomic mass is 10.1. The van der Waals surface area contributed by atoms with Crippen molar-refractivity contribution in [2.24, 2.45) is 0 Å². The van der Waals surface area contributed by atoms with E-state index < -0.39 is 0 Å². The molecule has 8 nitrogen and oxygen atoms in total. The fourth-order valence-electron chi connectivity index (χ4n) is 11.2. The molecule has 4 heterocycles. The zero-order chi connectivity index (χ0) is 69.9. The van der Waals surface area contributed by atoms with Gasteiger partial charge in [-0.15, -0.1) is 0 Å². The van der Waals surface area contributed by atoms with Gasteiger partial charge in [0, 0.05) is 103 Å². The van der Waals surface area contributed by atoms with E-state index in [1.807, 2.05) is 189 Å². The molecule has 0 saturated heterocycles. The largest absolute Gasteiger partial charge is 0.310 e. The van der Waals surface area contributed by atoms with E-state index in [2.05, 4.69) is 289 Å². The highest BCUT2D eigenvalue weighted by molar-refractivity contribution is 5.96. The molecule has 0 radical (unpaired) electrons. The minimum Gasteiger partial charge on any atom is -0.310 e. The maximum atomic E-state index is 4.85. The van der Waals surface area contributed by atoms with Crippen LogP contribution in [0.15, 0.2) is 389 Å². The van der Waals surface area contributed by atoms with Gasteiger partial charge in [0.15, 0.2) is 0 Å². The molecule has 0 aliphatic carbocycles. The predicted molar refractivity (Wildman–Crippen MR) is 431 cm³/mol. The molecule has 100 heavy (non-hydrogen) atoms. The van der Waals surface area contributed by atoms with Crippen LogP contribution < -0.4 is 19.6 Å². The molecule has 16 aromatic rings. The molecular formula is C92H88N8. The summed E-state index contributed by atoms with van der Waals surface area (Å²) in [6.45, 7) is 16.0. The first kappa shape index (κ1) is 71.8. The summed E-state index contributed by atoms with van der Waals surface area (Å²) in [6, 6.07) is 125. The summed E-state index contributed by atoms with van der Waals surface area (Å²) < 4.78 is 0. The van der Waals surface area contributed by atoms with E-state index in [0.29, 0.717) is 0 Å². The fraction of sp³-hybridized carbons (Fsp3) is 0.0870. The van der Waals surface area contributed by atoms with Gasteiger partial charge in [0.1, 0.15) is 5.82 Å². The first-order chi connectivity index (χ1) is 49.7. The zero-order valence-corrected chi connectivity index (χ0v) is 58.5. The van der Waals surface area contributed by atoms with Gasteiger partial charge in [0.2, 0.25) is 0 Å². The van der Waals surface area contributed by atoms with E-state index in [-0.39, 0.29) is 0 Å². The molecule has 0 atom stereocenters. The molecule has 0 spiro atoms. The Morgan fingerprint density at radius 2 is 0.560 bits per heavy atom. The van der Waals surface area contributed by atoms with E-state index in [4.69, 9.17) is 4.98 Å². The van der Waals surface area contributed by atoms with Gasteiger partial charge in [-0.05, 0) is 169 Å². The second-order valence-electron chi connectivity index (χ2n) is 21.5. The van der Waals surface area contributed by atoms with E-state index in [1.165, 1.54) is 5.39 Å². The average Bonchev–Trinajstić information content (AvgIpc) is 0.802. The number of hydrogen-bond acceptors (Lipinski definition) is 8. The maximum Gasteiger partial charge on any atom is 0.138 e. The summed E-state index contributed by atoms with van der Waals surface area (Å²) in [6.07, 6.45) is 7.42. The van der Waals surface area contributed by atoms with Gasteiger partial charge in [0.25, 0.3) is 0 Å². The molecule has 12 aromatic carbocycles. The summed E-state index contributed by atoms with van der Waals surface area (Å²) in [4.78, 5) is 27.1. The van der Waals surface area contributed by atoms with Gasteiger partial charge in [-0.2, -0.15) is 0 Å². The Balaban J connectivity index is 0.000000150. The Morgan fingerprint density at radius 1 is 0.210 bits per heavy atom. The van der Waals surface area contributed by atoms with Crippen LogP contribution in [-0.2, 0) is 0 Å². The van der Waals surface area contributed by atoms with Crippen LogP contribution in [0.5, 0.6) is 0 Å². The minimum atomic E-state index is 0.918. The van der Waals surface area contributed by atoms with Crippen LogP contribution in [0, 0.1) is 0 Å². The molecule has 8 heteroatoms. The second kappa shape index (κ2) is 38.9. The molecule has 0 bridgehead atoms. The lowest BCUT2D eigenvalue weighted by Crippen LogP contribution is -2.11. The number of aromatic nitrogens is 4.